The molecule has 10 rings (SSSR count). The predicted molar refractivity (Wildman–Crippen MR) is 288 cm³/mol. The van der Waals surface area contributed by atoms with Crippen molar-refractivity contribution in [3.8, 4) is 22.6 Å². The van der Waals surface area contributed by atoms with Crippen molar-refractivity contribution in [2.45, 2.75) is 78.8 Å². The lowest BCUT2D eigenvalue weighted by molar-refractivity contribution is 0.486. The van der Waals surface area contributed by atoms with E-state index in [1.807, 2.05) is 0 Å². The van der Waals surface area contributed by atoms with Crippen molar-refractivity contribution < 1.29 is 4.74 Å². The summed E-state index contributed by atoms with van der Waals surface area (Å²) in [4.78, 5) is 4.82. The van der Waals surface area contributed by atoms with Crippen molar-refractivity contribution in [3.05, 3.63) is 181 Å². The average Bonchev–Trinajstić information content (AvgIpc) is 3.29. The Balaban J connectivity index is 1.23. The minimum Gasteiger partial charge on any atom is -0.456 e. The zero-order chi connectivity index (χ0) is 45.4. The third-order valence-electron chi connectivity index (χ3n) is 13.5. The summed E-state index contributed by atoms with van der Waals surface area (Å²) in [6.45, 7) is 23.6. The smallest absolute Gasteiger partial charge is 0.137 e. The highest BCUT2D eigenvalue weighted by atomic mass is 28.3. The van der Waals surface area contributed by atoms with Gasteiger partial charge >= 0.3 is 0 Å². The van der Waals surface area contributed by atoms with Gasteiger partial charge in [-0.15, -0.1) is 0 Å². The lowest BCUT2D eigenvalue weighted by Crippen LogP contribution is -2.37. The second kappa shape index (κ2) is 16.2. The van der Waals surface area contributed by atoms with Crippen molar-refractivity contribution in [1.82, 2.24) is 0 Å². The van der Waals surface area contributed by atoms with E-state index >= 15 is 0 Å². The van der Waals surface area contributed by atoms with Gasteiger partial charge in [-0.1, -0.05) is 156 Å². The van der Waals surface area contributed by atoms with Crippen LogP contribution in [-0.4, -0.2) is 16.1 Å². The van der Waals surface area contributed by atoms with Gasteiger partial charge in [0.25, 0.3) is 0 Å². The van der Waals surface area contributed by atoms with E-state index in [4.69, 9.17) is 4.74 Å². The molecule has 0 fully saturated rings. The molecule has 65 heavy (non-hydrogen) atoms. The van der Waals surface area contributed by atoms with Gasteiger partial charge in [0.2, 0.25) is 0 Å². The van der Waals surface area contributed by atoms with E-state index in [1.165, 1.54) is 65.1 Å². The van der Waals surface area contributed by atoms with Gasteiger partial charge in [-0.25, -0.2) is 0 Å². The maximum Gasteiger partial charge on any atom is 0.137 e. The molecule has 9 aromatic rings. The highest BCUT2D eigenvalue weighted by Crippen LogP contribution is 2.53. The lowest BCUT2D eigenvalue weighted by atomic mass is 9.85. The first-order chi connectivity index (χ1) is 31.1. The summed E-state index contributed by atoms with van der Waals surface area (Å²) < 4.78 is 7.18. The van der Waals surface area contributed by atoms with Crippen LogP contribution in [-0.2, 0) is 0 Å². The molecule has 0 spiro atoms. The van der Waals surface area contributed by atoms with Gasteiger partial charge in [-0.05, 0) is 135 Å². The maximum atomic E-state index is 7.18. The Kier molecular flexibility index (Phi) is 10.6. The van der Waals surface area contributed by atoms with Crippen molar-refractivity contribution >= 4 is 93.0 Å². The normalized spacial score (nSPS) is 12.6. The van der Waals surface area contributed by atoms with Crippen LogP contribution < -0.4 is 24.9 Å². The van der Waals surface area contributed by atoms with Gasteiger partial charge < -0.3 is 14.5 Å². The van der Waals surface area contributed by atoms with Crippen LogP contribution in [0.1, 0.15) is 50.7 Å². The number of ether oxygens (including phenoxy) is 1. The van der Waals surface area contributed by atoms with Crippen LogP contribution in [0.2, 0.25) is 39.3 Å². The largest absolute Gasteiger partial charge is 0.456 e. The first-order valence-corrected chi connectivity index (χ1v) is 30.4. The third kappa shape index (κ3) is 7.75. The molecule has 0 saturated carbocycles. The summed E-state index contributed by atoms with van der Waals surface area (Å²) in [5.41, 5.74) is 11.7. The first kappa shape index (κ1) is 42.5. The van der Waals surface area contributed by atoms with E-state index in [0.29, 0.717) is 11.8 Å². The average molecular weight is 881 g/mol. The number of hydrogen-bond donors (Lipinski definition) is 0. The molecule has 0 unspecified atom stereocenters. The molecule has 0 amide bonds. The number of nitrogens with zero attached hydrogens (tertiary/aromatic N) is 2. The molecule has 1 aliphatic heterocycles. The Labute approximate surface area is 388 Å². The molecule has 0 N–H and O–H groups in total. The van der Waals surface area contributed by atoms with Crippen LogP contribution in [0.25, 0.3) is 43.4 Å². The Bertz CT molecular complexity index is 3240. The topological polar surface area (TPSA) is 15.7 Å². The van der Waals surface area contributed by atoms with E-state index in [1.54, 1.807) is 0 Å². The van der Waals surface area contributed by atoms with Crippen LogP contribution in [0.5, 0.6) is 11.5 Å². The van der Waals surface area contributed by atoms with Crippen LogP contribution in [0, 0.1) is 0 Å². The summed E-state index contributed by atoms with van der Waals surface area (Å²) >= 11 is 0. The van der Waals surface area contributed by atoms with E-state index < -0.39 is 16.1 Å². The quantitative estimate of drug-likeness (QED) is 0.101. The van der Waals surface area contributed by atoms with E-state index in [2.05, 4.69) is 247 Å². The van der Waals surface area contributed by atoms with Crippen molar-refractivity contribution in [2.24, 2.45) is 0 Å². The molecule has 0 saturated heterocycles. The molecule has 324 valence electrons. The minimum absolute atomic E-state index is 0.302. The van der Waals surface area contributed by atoms with Gasteiger partial charge in [0.1, 0.15) is 11.5 Å². The lowest BCUT2D eigenvalue weighted by Gasteiger charge is -2.30. The van der Waals surface area contributed by atoms with Crippen LogP contribution in [0.4, 0.5) is 34.1 Å². The van der Waals surface area contributed by atoms with Gasteiger partial charge in [0.05, 0.1) is 21.8 Å². The zero-order valence-electron chi connectivity index (χ0n) is 39.6. The standard InChI is InChI=1S/C60H60N2OSi2/c1-39(2)41-21-31-50-52(33-41)53-37-56-51-32-26-47(61(43-17-13-11-14-18-43)45-22-27-48(28-23-45)64(5,6)7)36-58(51)63-59-35-42(40(3)4)34-55(60(56)59)54(53)38-57(50)62(44-19-15-12-16-20-44)46-24-29-49(30-25-46)65(8,9)10/h11-40H,1-10H3. The molecule has 0 bridgehead atoms. The zero-order valence-corrected chi connectivity index (χ0v) is 41.6. The fourth-order valence-corrected chi connectivity index (χ4v) is 12.0. The van der Waals surface area contributed by atoms with Crippen molar-refractivity contribution in [1.29, 1.82) is 0 Å². The van der Waals surface area contributed by atoms with Gasteiger partial charge in [-0.2, -0.15) is 0 Å². The monoisotopic (exact) mass is 880 g/mol. The summed E-state index contributed by atoms with van der Waals surface area (Å²) in [6, 6.07) is 63.8. The van der Waals surface area contributed by atoms with E-state index in [0.717, 1.165) is 45.5 Å². The third-order valence-corrected chi connectivity index (χ3v) is 17.6. The molecule has 1 heterocycles. The second-order valence-electron chi connectivity index (χ2n) is 20.7. The number of hydrogen-bond acceptors (Lipinski definition) is 3. The van der Waals surface area contributed by atoms with Crippen LogP contribution >= 0.6 is 0 Å². The number of benzene rings is 9. The molecular weight excluding hydrogens is 821 g/mol. The number of anilines is 6. The first-order valence-electron chi connectivity index (χ1n) is 23.4. The van der Waals surface area contributed by atoms with Gasteiger partial charge in [0, 0.05) is 50.8 Å². The Morgan fingerprint density at radius 1 is 0.369 bits per heavy atom. The SMILES string of the molecule is CC(C)c1ccc2c(N(c3ccccc3)c3ccc([Si](C)(C)C)cc3)cc3c4cc(C(C)C)cc5c4c(cc3c2c1)-c1ccc(N(c2ccccc2)c2ccc([Si](C)(C)C)cc2)cc1O5. The molecule has 1 aliphatic rings. The Morgan fingerprint density at radius 2 is 0.862 bits per heavy atom. The second-order valence-corrected chi connectivity index (χ2v) is 30.8. The summed E-state index contributed by atoms with van der Waals surface area (Å²) in [5, 5.41) is 10.3. The van der Waals surface area contributed by atoms with Gasteiger partial charge in [0.15, 0.2) is 0 Å². The van der Waals surface area contributed by atoms with E-state index in [9.17, 15) is 0 Å². The summed E-state index contributed by atoms with van der Waals surface area (Å²) in [7, 11) is -2.98. The van der Waals surface area contributed by atoms with Crippen LogP contribution in [0.15, 0.2) is 170 Å². The molecule has 9 aromatic carbocycles. The molecule has 5 heteroatoms. The predicted octanol–water partition coefficient (Wildman–Crippen LogP) is 17.2. The van der Waals surface area contributed by atoms with E-state index in [-0.39, 0.29) is 0 Å². The van der Waals surface area contributed by atoms with Crippen molar-refractivity contribution in [2.75, 3.05) is 9.80 Å². The van der Waals surface area contributed by atoms with Gasteiger partial charge in [-0.3, -0.25) is 0 Å². The molecular formula is C60H60N2OSi2. The summed E-state index contributed by atoms with van der Waals surface area (Å²) in [6.07, 6.45) is 0. The molecule has 0 aromatic heterocycles. The fraction of sp³-hybridized carbons (Fsp3) is 0.200. The Morgan fingerprint density at radius 3 is 1.43 bits per heavy atom. The Hall–Kier alpha value is -6.41. The molecule has 0 radical (unpaired) electrons. The maximum absolute atomic E-state index is 7.18. The molecule has 0 aliphatic carbocycles. The van der Waals surface area contributed by atoms with Crippen LogP contribution in [0.3, 0.4) is 0 Å². The molecule has 3 nitrogen and oxygen atoms in total. The highest BCUT2D eigenvalue weighted by molar-refractivity contribution is 6.89. The highest BCUT2D eigenvalue weighted by Gasteiger charge is 2.28. The fourth-order valence-electron chi connectivity index (χ4n) is 9.66. The number of fused-ring (bicyclic) bond motifs is 6. The molecule has 0 atom stereocenters. The minimum atomic E-state index is -1.51. The summed E-state index contributed by atoms with van der Waals surface area (Å²) in [5.74, 6) is 2.47. The number of rotatable bonds is 10. The number of para-hydroxylation sites is 2. The van der Waals surface area contributed by atoms with Crippen molar-refractivity contribution in [3.63, 3.8) is 0 Å².